The molecule has 0 amide bonds. The Kier molecular flexibility index (Phi) is 4.87. The van der Waals surface area contributed by atoms with Crippen LogP contribution in [0.1, 0.15) is 18.1 Å². The van der Waals surface area contributed by atoms with Crippen molar-refractivity contribution in [2.75, 3.05) is 26.7 Å². The van der Waals surface area contributed by atoms with Crippen LogP contribution in [-0.2, 0) is 6.54 Å². The normalized spacial score (nSPS) is 11.4. The largest absolute Gasteiger partial charge is 0.320 e. The van der Waals surface area contributed by atoms with Crippen LogP contribution in [0.4, 0.5) is 0 Å². The van der Waals surface area contributed by atoms with E-state index in [2.05, 4.69) is 34.2 Å². The van der Waals surface area contributed by atoms with E-state index in [1.165, 1.54) is 0 Å². The van der Waals surface area contributed by atoms with Gasteiger partial charge in [0.25, 0.3) is 5.56 Å². The van der Waals surface area contributed by atoms with Crippen molar-refractivity contribution in [3.05, 3.63) is 39.8 Å². The number of aromatic nitrogens is 2. The smallest absolute Gasteiger partial charge is 0.251 e. The molecule has 2 aromatic heterocycles. The van der Waals surface area contributed by atoms with E-state index in [4.69, 9.17) is 0 Å². The maximum absolute atomic E-state index is 11.6. The number of hydrogen-bond donors (Lipinski definition) is 2. The summed E-state index contributed by atoms with van der Waals surface area (Å²) in [6.07, 6.45) is 1.88. The molecule has 0 atom stereocenters. The zero-order chi connectivity index (χ0) is 14.5. The maximum atomic E-state index is 11.6. The fraction of sp³-hybridized carbons (Fsp3) is 0.467. The third kappa shape index (κ3) is 3.65. The zero-order valence-electron chi connectivity index (χ0n) is 12.4. The van der Waals surface area contributed by atoms with Crippen LogP contribution < -0.4 is 10.9 Å². The van der Waals surface area contributed by atoms with E-state index in [1.807, 2.05) is 18.3 Å². The number of pyridine rings is 2. The van der Waals surface area contributed by atoms with Crippen LogP contribution in [0.5, 0.6) is 0 Å². The van der Waals surface area contributed by atoms with E-state index < -0.39 is 0 Å². The van der Waals surface area contributed by atoms with Gasteiger partial charge >= 0.3 is 0 Å². The predicted octanol–water partition coefficient (Wildman–Crippen LogP) is 1.27. The van der Waals surface area contributed by atoms with Gasteiger partial charge in [0.15, 0.2) is 0 Å². The minimum absolute atomic E-state index is 0.0445. The first-order valence-corrected chi connectivity index (χ1v) is 6.98. The summed E-state index contributed by atoms with van der Waals surface area (Å²) >= 11 is 0. The highest BCUT2D eigenvalue weighted by atomic mass is 16.1. The molecule has 20 heavy (non-hydrogen) atoms. The number of aromatic amines is 1. The first-order valence-electron chi connectivity index (χ1n) is 6.98. The molecule has 5 nitrogen and oxygen atoms in total. The number of rotatable bonds is 6. The second kappa shape index (κ2) is 6.63. The maximum Gasteiger partial charge on any atom is 0.251 e. The van der Waals surface area contributed by atoms with Gasteiger partial charge in [-0.3, -0.25) is 9.78 Å². The molecule has 0 aromatic carbocycles. The van der Waals surface area contributed by atoms with Gasteiger partial charge in [-0.05, 0) is 38.2 Å². The van der Waals surface area contributed by atoms with Crippen LogP contribution in [0.3, 0.4) is 0 Å². The van der Waals surface area contributed by atoms with Gasteiger partial charge in [0.1, 0.15) is 0 Å². The number of nitrogens with one attached hydrogen (secondary N) is 2. The molecule has 0 bridgehead atoms. The molecule has 0 unspecified atom stereocenters. The Labute approximate surface area is 119 Å². The van der Waals surface area contributed by atoms with Gasteiger partial charge in [-0.2, -0.15) is 0 Å². The fourth-order valence-corrected chi connectivity index (χ4v) is 2.15. The Bertz CT molecular complexity index is 635. The highest BCUT2D eigenvalue weighted by molar-refractivity contribution is 5.74. The minimum Gasteiger partial charge on any atom is -0.320 e. The quantitative estimate of drug-likeness (QED) is 0.779. The Morgan fingerprint density at radius 3 is 2.95 bits per heavy atom. The second-order valence-corrected chi connectivity index (χ2v) is 5.15. The topological polar surface area (TPSA) is 61.0 Å². The number of aryl methyl sites for hydroxylation is 1. The Morgan fingerprint density at radius 2 is 2.20 bits per heavy atom. The number of fused-ring (bicyclic) bond motifs is 1. The summed E-state index contributed by atoms with van der Waals surface area (Å²) in [5.41, 5.74) is 3.40. The van der Waals surface area contributed by atoms with E-state index in [-0.39, 0.29) is 5.56 Å². The highest BCUT2D eigenvalue weighted by Crippen LogP contribution is 2.11. The monoisotopic (exact) mass is 274 g/mol. The van der Waals surface area contributed by atoms with E-state index in [0.29, 0.717) is 5.56 Å². The lowest BCUT2D eigenvalue weighted by atomic mass is 10.2. The van der Waals surface area contributed by atoms with Crippen molar-refractivity contribution in [3.8, 4) is 0 Å². The Balaban J connectivity index is 2.11. The molecule has 2 heterocycles. The molecule has 0 spiro atoms. The van der Waals surface area contributed by atoms with Gasteiger partial charge in [-0.15, -0.1) is 0 Å². The third-order valence-electron chi connectivity index (χ3n) is 3.31. The average molecular weight is 274 g/mol. The van der Waals surface area contributed by atoms with E-state index in [0.717, 1.165) is 42.8 Å². The van der Waals surface area contributed by atoms with Gasteiger partial charge in [0, 0.05) is 31.4 Å². The second-order valence-electron chi connectivity index (χ2n) is 5.15. The molecular weight excluding hydrogens is 252 g/mol. The van der Waals surface area contributed by atoms with Crippen molar-refractivity contribution in [1.82, 2.24) is 20.2 Å². The molecule has 0 aliphatic heterocycles. The van der Waals surface area contributed by atoms with E-state index in [1.54, 1.807) is 6.92 Å². The van der Waals surface area contributed by atoms with Gasteiger partial charge in [0.05, 0.1) is 11.0 Å². The average Bonchev–Trinajstić information content (AvgIpc) is 2.41. The minimum atomic E-state index is -0.0445. The summed E-state index contributed by atoms with van der Waals surface area (Å²) in [5, 5.41) is 3.30. The number of hydrogen-bond acceptors (Lipinski definition) is 4. The summed E-state index contributed by atoms with van der Waals surface area (Å²) in [6, 6.07) is 3.83. The molecule has 0 radical (unpaired) electrons. The molecule has 5 heteroatoms. The summed E-state index contributed by atoms with van der Waals surface area (Å²) in [7, 11) is 2.08. The molecule has 0 saturated carbocycles. The van der Waals surface area contributed by atoms with Crippen molar-refractivity contribution < 1.29 is 0 Å². The summed E-state index contributed by atoms with van der Waals surface area (Å²) in [6.45, 7) is 7.67. The van der Waals surface area contributed by atoms with Crippen molar-refractivity contribution in [2.24, 2.45) is 0 Å². The lowest BCUT2D eigenvalue weighted by Gasteiger charge is -2.16. The van der Waals surface area contributed by atoms with Crippen molar-refractivity contribution >= 4 is 11.0 Å². The predicted molar refractivity (Wildman–Crippen MR) is 82.0 cm³/mol. The molecule has 2 N–H and O–H groups in total. The van der Waals surface area contributed by atoms with Gasteiger partial charge in [-0.1, -0.05) is 6.92 Å². The SMILES string of the molecule is CCNCCN(C)Cc1cnc2cc(C)c(=O)[nH]c2c1. The van der Waals surface area contributed by atoms with Gasteiger partial charge in [0.2, 0.25) is 0 Å². The van der Waals surface area contributed by atoms with Crippen molar-refractivity contribution in [2.45, 2.75) is 20.4 Å². The lowest BCUT2D eigenvalue weighted by Crippen LogP contribution is -2.28. The van der Waals surface area contributed by atoms with Crippen LogP contribution in [0.2, 0.25) is 0 Å². The molecule has 108 valence electrons. The molecular formula is C15H22N4O. The Hall–Kier alpha value is -1.72. The van der Waals surface area contributed by atoms with Crippen LogP contribution in [-0.4, -0.2) is 41.5 Å². The van der Waals surface area contributed by atoms with Crippen LogP contribution in [0.15, 0.2) is 23.1 Å². The van der Waals surface area contributed by atoms with E-state index >= 15 is 0 Å². The molecule has 2 aromatic rings. The molecule has 0 aliphatic rings. The summed E-state index contributed by atoms with van der Waals surface area (Å²) in [4.78, 5) is 21.2. The van der Waals surface area contributed by atoms with Crippen LogP contribution >= 0.6 is 0 Å². The fourth-order valence-electron chi connectivity index (χ4n) is 2.15. The molecule has 2 rings (SSSR count). The zero-order valence-corrected chi connectivity index (χ0v) is 12.4. The van der Waals surface area contributed by atoms with Gasteiger partial charge in [-0.25, -0.2) is 0 Å². The summed E-state index contributed by atoms with van der Waals surface area (Å²) < 4.78 is 0. The van der Waals surface area contributed by atoms with Crippen LogP contribution in [0, 0.1) is 6.92 Å². The number of nitrogens with zero attached hydrogens (tertiary/aromatic N) is 2. The standard InChI is InChI=1S/C15H22N4O/c1-4-16-5-6-19(3)10-12-8-14-13(17-9-12)7-11(2)15(20)18-14/h7-9,16H,4-6,10H2,1-3H3,(H,18,20). The third-order valence-corrected chi connectivity index (χ3v) is 3.31. The summed E-state index contributed by atoms with van der Waals surface area (Å²) in [5.74, 6) is 0. The highest BCUT2D eigenvalue weighted by Gasteiger charge is 2.04. The lowest BCUT2D eigenvalue weighted by molar-refractivity contribution is 0.325. The van der Waals surface area contributed by atoms with Crippen molar-refractivity contribution in [1.29, 1.82) is 0 Å². The van der Waals surface area contributed by atoms with E-state index in [9.17, 15) is 4.79 Å². The van der Waals surface area contributed by atoms with Crippen molar-refractivity contribution in [3.63, 3.8) is 0 Å². The number of H-pyrrole nitrogens is 1. The number of likely N-dealkylation sites (N-methyl/N-ethyl adjacent to an activating group) is 2. The van der Waals surface area contributed by atoms with Crippen LogP contribution in [0.25, 0.3) is 11.0 Å². The first-order chi connectivity index (χ1) is 9.60. The Morgan fingerprint density at radius 1 is 1.40 bits per heavy atom. The molecule has 0 saturated heterocycles. The first kappa shape index (κ1) is 14.7. The molecule has 0 fully saturated rings. The molecule has 0 aliphatic carbocycles. The van der Waals surface area contributed by atoms with Gasteiger partial charge < -0.3 is 15.2 Å².